The monoisotopic (exact) mass is 199 g/mol. The molecule has 0 aromatic carbocycles. The van der Waals surface area contributed by atoms with E-state index in [0.29, 0.717) is 0 Å². The molecule has 0 bridgehead atoms. The predicted octanol–water partition coefficient (Wildman–Crippen LogP) is 3.11. The fraction of sp³-hybridized carbons (Fsp3) is 0.700. The fourth-order valence-corrected chi connectivity index (χ4v) is 2.17. The molecule has 0 saturated heterocycles. The summed E-state index contributed by atoms with van der Waals surface area (Å²) in [6.07, 6.45) is 2.88. The van der Waals surface area contributed by atoms with E-state index in [2.05, 4.69) is 25.8 Å². The van der Waals surface area contributed by atoms with Crippen LogP contribution in [0.5, 0.6) is 0 Å². The molecule has 2 nitrogen and oxygen atoms in total. The number of rotatable bonds is 4. The van der Waals surface area contributed by atoms with Crippen molar-refractivity contribution in [2.75, 3.05) is 6.61 Å². The topological polar surface area (TPSA) is 22.1 Å². The summed E-state index contributed by atoms with van der Waals surface area (Å²) in [6.45, 7) is 9.07. The Labute approximate surface area is 84.0 Å². The van der Waals surface area contributed by atoms with Crippen LogP contribution in [0.4, 0.5) is 0 Å². The molecule has 1 heterocycles. The lowest BCUT2D eigenvalue weighted by Gasteiger charge is -2.25. The highest BCUT2D eigenvalue weighted by molar-refractivity contribution is 7.11. The van der Waals surface area contributed by atoms with E-state index in [1.807, 2.05) is 13.1 Å². The maximum Gasteiger partial charge on any atom is 0.125 e. The first-order chi connectivity index (χ1) is 6.12. The quantitative estimate of drug-likeness (QED) is 0.743. The zero-order chi connectivity index (χ0) is 9.90. The molecule has 0 spiro atoms. The minimum absolute atomic E-state index is 0.187. The highest BCUT2D eigenvalue weighted by Gasteiger charge is 2.27. The molecule has 0 aliphatic rings. The van der Waals surface area contributed by atoms with Crippen LogP contribution in [0.1, 0.15) is 37.1 Å². The molecule has 0 saturated carbocycles. The summed E-state index contributed by atoms with van der Waals surface area (Å²) in [4.78, 5) is 5.62. The van der Waals surface area contributed by atoms with E-state index in [1.165, 1.54) is 4.88 Å². The molecule has 0 radical (unpaired) electrons. The van der Waals surface area contributed by atoms with Gasteiger partial charge in [-0.2, -0.15) is 0 Å². The molecule has 0 aliphatic carbocycles. The van der Waals surface area contributed by atoms with Crippen LogP contribution in [0, 0.1) is 6.92 Å². The van der Waals surface area contributed by atoms with Gasteiger partial charge in [-0.3, -0.25) is 0 Å². The van der Waals surface area contributed by atoms with Crippen molar-refractivity contribution in [3.8, 4) is 0 Å². The second-order valence-electron chi connectivity index (χ2n) is 3.29. The van der Waals surface area contributed by atoms with Gasteiger partial charge in [-0.25, -0.2) is 4.98 Å². The molecule has 1 aromatic heterocycles. The molecule has 0 fully saturated rings. The summed E-state index contributed by atoms with van der Waals surface area (Å²) < 4.78 is 5.73. The van der Waals surface area contributed by atoms with Crippen molar-refractivity contribution in [2.45, 2.75) is 39.7 Å². The molecule has 1 rings (SSSR count). The van der Waals surface area contributed by atoms with Gasteiger partial charge in [0.05, 0.1) is 0 Å². The van der Waals surface area contributed by atoms with E-state index < -0.39 is 0 Å². The standard InChI is InChI=1S/C10H17NOS/c1-5-10(4,12-6-2)9-11-7-8(3)13-9/h7H,5-6H2,1-4H3. The minimum atomic E-state index is -0.187. The second-order valence-corrected chi connectivity index (χ2v) is 4.53. The third-order valence-electron chi connectivity index (χ3n) is 2.21. The number of nitrogens with zero attached hydrogens (tertiary/aromatic N) is 1. The molecular formula is C10H17NOS. The Morgan fingerprint density at radius 3 is 2.62 bits per heavy atom. The Morgan fingerprint density at radius 2 is 2.23 bits per heavy atom. The summed E-state index contributed by atoms with van der Waals surface area (Å²) in [5, 5.41) is 1.09. The van der Waals surface area contributed by atoms with Crippen molar-refractivity contribution < 1.29 is 4.74 Å². The molecule has 3 heteroatoms. The molecule has 1 atom stereocenters. The van der Waals surface area contributed by atoms with Crippen molar-refractivity contribution >= 4 is 11.3 Å². The number of hydrogen-bond acceptors (Lipinski definition) is 3. The van der Waals surface area contributed by atoms with E-state index in [1.54, 1.807) is 11.3 Å². The van der Waals surface area contributed by atoms with Crippen molar-refractivity contribution in [2.24, 2.45) is 0 Å². The van der Waals surface area contributed by atoms with Crippen LogP contribution in [0.15, 0.2) is 6.20 Å². The SMILES string of the molecule is CCOC(C)(CC)c1ncc(C)s1. The highest BCUT2D eigenvalue weighted by Crippen LogP contribution is 2.31. The summed E-state index contributed by atoms with van der Waals surface area (Å²) in [6, 6.07) is 0. The minimum Gasteiger partial charge on any atom is -0.368 e. The van der Waals surface area contributed by atoms with Gasteiger partial charge in [-0.1, -0.05) is 6.92 Å². The van der Waals surface area contributed by atoms with Crippen molar-refractivity contribution in [1.29, 1.82) is 0 Å². The summed E-state index contributed by atoms with van der Waals surface area (Å²) in [5.41, 5.74) is -0.187. The molecular weight excluding hydrogens is 182 g/mol. The first-order valence-electron chi connectivity index (χ1n) is 4.69. The Hall–Kier alpha value is -0.410. The smallest absolute Gasteiger partial charge is 0.125 e. The lowest BCUT2D eigenvalue weighted by molar-refractivity contribution is -0.0324. The number of hydrogen-bond donors (Lipinski definition) is 0. The van der Waals surface area contributed by atoms with E-state index >= 15 is 0 Å². The number of aromatic nitrogens is 1. The Kier molecular flexibility index (Phi) is 3.45. The van der Waals surface area contributed by atoms with E-state index in [0.717, 1.165) is 18.0 Å². The summed E-state index contributed by atoms with van der Waals surface area (Å²) in [7, 11) is 0. The molecule has 0 aliphatic heterocycles. The fourth-order valence-electron chi connectivity index (χ4n) is 1.23. The van der Waals surface area contributed by atoms with Gasteiger partial charge in [0.25, 0.3) is 0 Å². The van der Waals surface area contributed by atoms with Crippen molar-refractivity contribution in [3.63, 3.8) is 0 Å². The van der Waals surface area contributed by atoms with Gasteiger partial charge in [0.15, 0.2) is 0 Å². The van der Waals surface area contributed by atoms with Crippen molar-refractivity contribution in [1.82, 2.24) is 4.98 Å². The van der Waals surface area contributed by atoms with Gasteiger partial charge >= 0.3 is 0 Å². The molecule has 1 aromatic rings. The molecule has 0 amide bonds. The molecule has 74 valence electrons. The largest absolute Gasteiger partial charge is 0.368 e. The average Bonchev–Trinajstić information content (AvgIpc) is 2.52. The zero-order valence-corrected chi connectivity index (χ0v) is 9.57. The number of thiazole rings is 1. The molecule has 0 N–H and O–H groups in total. The third kappa shape index (κ3) is 2.29. The normalized spacial score (nSPS) is 15.7. The predicted molar refractivity (Wildman–Crippen MR) is 56.1 cm³/mol. The maximum absolute atomic E-state index is 5.73. The van der Waals surface area contributed by atoms with Gasteiger partial charge in [-0.15, -0.1) is 11.3 Å². The Balaban J connectivity index is 2.88. The summed E-state index contributed by atoms with van der Waals surface area (Å²) in [5.74, 6) is 0. The van der Waals surface area contributed by atoms with Gasteiger partial charge in [-0.05, 0) is 27.2 Å². The molecule has 1 unspecified atom stereocenters. The Bertz CT molecular complexity index is 272. The third-order valence-corrected chi connectivity index (χ3v) is 3.37. The van der Waals surface area contributed by atoms with Gasteiger partial charge < -0.3 is 4.74 Å². The lowest BCUT2D eigenvalue weighted by atomic mass is 10.1. The maximum atomic E-state index is 5.73. The van der Waals surface area contributed by atoms with Crippen LogP contribution < -0.4 is 0 Å². The molecule has 13 heavy (non-hydrogen) atoms. The average molecular weight is 199 g/mol. The van der Waals surface area contributed by atoms with Crippen LogP contribution in [0.3, 0.4) is 0 Å². The van der Waals surface area contributed by atoms with Gasteiger partial charge in [0, 0.05) is 17.7 Å². The van der Waals surface area contributed by atoms with E-state index in [4.69, 9.17) is 4.74 Å². The zero-order valence-electron chi connectivity index (χ0n) is 8.76. The second kappa shape index (κ2) is 4.20. The Morgan fingerprint density at radius 1 is 1.54 bits per heavy atom. The van der Waals surface area contributed by atoms with Crippen LogP contribution in [-0.2, 0) is 10.3 Å². The first-order valence-corrected chi connectivity index (χ1v) is 5.51. The van der Waals surface area contributed by atoms with Crippen LogP contribution in [-0.4, -0.2) is 11.6 Å². The summed E-state index contributed by atoms with van der Waals surface area (Å²) >= 11 is 1.72. The van der Waals surface area contributed by atoms with Crippen LogP contribution >= 0.6 is 11.3 Å². The van der Waals surface area contributed by atoms with E-state index in [-0.39, 0.29) is 5.60 Å². The van der Waals surface area contributed by atoms with Gasteiger partial charge in [0.2, 0.25) is 0 Å². The van der Waals surface area contributed by atoms with Crippen molar-refractivity contribution in [3.05, 3.63) is 16.1 Å². The number of ether oxygens (including phenoxy) is 1. The van der Waals surface area contributed by atoms with Crippen LogP contribution in [0.2, 0.25) is 0 Å². The van der Waals surface area contributed by atoms with Crippen LogP contribution in [0.25, 0.3) is 0 Å². The highest BCUT2D eigenvalue weighted by atomic mass is 32.1. The van der Waals surface area contributed by atoms with Gasteiger partial charge in [0.1, 0.15) is 10.6 Å². The number of aryl methyl sites for hydroxylation is 1. The first kappa shape index (κ1) is 10.7. The van der Waals surface area contributed by atoms with E-state index in [9.17, 15) is 0 Å². The lowest BCUT2D eigenvalue weighted by Crippen LogP contribution is -2.24.